The number of amides is 7. The summed E-state index contributed by atoms with van der Waals surface area (Å²) in [5, 5.41) is 25.2. The molecule has 0 radical (unpaired) electrons. The zero-order chi connectivity index (χ0) is 51.4. The van der Waals surface area contributed by atoms with Gasteiger partial charge >= 0.3 is 18.1 Å². The standard InChI is InChI=1S/C50H69N7O14/c1-33(2)45(48(63)56-41(13-8-21-52-49(51)64)46(61)54-35-16-14-34(31-58)15-17-35)57-47(62)42(18-19-44(60)66-3)55-43(59)20-23-67-25-27-69-29-30-70-28-26-68-24-22-53-50(65)71-32-40-38-11-6-4-9-36(38)37-10-5-7-12-39(37)40/h4-7,9-12,14-17,33,40-42,45,58H,8,13,18-32H2,1-3H3,(H,53,65)(H,54,61)(H,55,59)(H,56,63)(H,57,62)(H3,51,52,64)/t41-,42-,45-/m0/s1. The number of rotatable bonds is 33. The molecule has 21 nitrogen and oxygen atoms in total. The first-order valence-electron chi connectivity index (χ1n) is 23.7. The van der Waals surface area contributed by atoms with E-state index in [4.69, 9.17) is 34.2 Å². The molecule has 7 amide bonds. The third-order valence-electron chi connectivity index (χ3n) is 11.2. The van der Waals surface area contributed by atoms with E-state index < -0.39 is 65.8 Å². The molecular formula is C50H69N7O14. The highest BCUT2D eigenvalue weighted by Gasteiger charge is 2.32. The largest absolute Gasteiger partial charge is 0.469 e. The van der Waals surface area contributed by atoms with Crippen molar-refractivity contribution in [2.24, 2.45) is 11.7 Å². The van der Waals surface area contributed by atoms with Crippen molar-refractivity contribution in [3.63, 3.8) is 0 Å². The fourth-order valence-corrected chi connectivity index (χ4v) is 7.46. The Labute approximate surface area is 413 Å². The molecule has 0 bridgehead atoms. The molecule has 0 saturated heterocycles. The second-order valence-corrected chi connectivity index (χ2v) is 16.8. The van der Waals surface area contributed by atoms with Crippen molar-refractivity contribution in [2.45, 2.75) is 76.6 Å². The number of anilines is 1. The third-order valence-corrected chi connectivity index (χ3v) is 11.2. The third kappa shape index (κ3) is 20.3. The first-order chi connectivity index (χ1) is 34.3. The molecule has 388 valence electrons. The number of fused-ring (bicyclic) bond motifs is 3. The number of hydrogen-bond donors (Lipinski definition) is 8. The molecule has 0 spiro atoms. The molecule has 0 unspecified atom stereocenters. The molecule has 0 saturated carbocycles. The SMILES string of the molecule is COC(=O)CC[C@H](NC(=O)CCOCCOCCOCCOCCNC(=O)OCC1c2ccccc2-c2ccccc21)C(=O)N[C@H](C(=O)N[C@@H](CCCNC(N)=O)C(=O)Nc1ccc(CO)cc1)C(C)C. The van der Waals surface area contributed by atoms with E-state index in [0.29, 0.717) is 37.7 Å². The van der Waals surface area contributed by atoms with Crippen molar-refractivity contribution in [2.75, 3.05) is 85.0 Å². The van der Waals surface area contributed by atoms with E-state index in [2.05, 4.69) is 56.2 Å². The summed E-state index contributed by atoms with van der Waals surface area (Å²) in [4.78, 5) is 89.2. The van der Waals surface area contributed by atoms with Gasteiger partial charge in [-0.1, -0.05) is 74.5 Å². The van der Waals surface area contributed by atoms with Crippen LogP contribution in [0.1, 0.15) is 68.6 Å². The summed E-state index contributed by atoms with van der Waals surface area (Å²) in [6.45, 7) is 5.79. The topological polar surface area (TPSA) is 293 Å². The van der Waals surface area contributed by atoms with E-state index in [1.54, 1.807) is 38.1 Å². The van der Waals surface area contributed by atoms with Crippen LogP contribution in [0, 0.1) is 5.92 Å². The van der Waals surface area contributed by atoms with Crippen LogP contribution in [0.2, 0.25) is 0 Å². The number of alkyl carbamates (subject to hydrolysis) is 1. The van der Waals surface area contributed by atoms with Gasteiger partial charge in [-0.2, -0.15) is 0 Å². The van der Waals surface area contributed by atoms with E-state index >= 15 is 0 Å². The number of benzene rings is 3. The van der Waals surface area contributed by atoms with E-state index in [-0.39, 0.29) is 90.8 Å². The van der Waals surface area contributed by atoms with Crippen molar-refractivity contribution in [3.8, 4) is 11.1 Å². The van der Waals surface area contributed by atoms with Gasteiger partial charge < -0.3 is 71.2 Å². The van der Waals surface area contributed by atoms with Crippen LogP contribution in [0.5, 0.6) is 0 Å². The van der Waals surface area contributed by atoms with Gasteiger partial charge in [-0.25, -0.2) is 9.59 Å². The average molecular weight is 992 g/mol. The van der Waals surface area contributed by atoms with E-state index in [1.165, 1.54) is 7.11 Å². The quantitative estimate of drug-likeness (QED) is 0.0322. The summed E-state index contributed by atoms with van der Waals surface area (Å²) >= 11 is 0. The fraction of sp³-hybridized carbons (Fsp3) is 0.500. The van der Waals surface area contributed by atoms with Gasteiger partial charge in [0.2, 0.25) is 23.6 Å². The Hall–Kier alpha value is -6.65. The molecule has 1 aliphatic rings. The Morgan fingerprint density at radius 2 is 1.21 bits per heavy atom. The lowest BCUT2D eigenvalue weighted by Gasteiger charge is -2.27. The molecule has 0 aliphatic heterocycles. The van der Waals surface area contributed by atoms with Crippen LogP contribution in [0.4, 0.5) is 15.3 Å². The number of aliphatic hydroxyl groups is 1. The second kappa shape index (κ2) is 31.6. The van der Waals surface area contributed by atoms with Crippen LogP contribution in [0.3, 0.4) is 0 Å². The molecule has 3 atom stereocenters. The highest BCUT2D eigenvalue weighted by atomic mass is 16.6. The van der Waals surface area contributed by atoms with Crippen molar-refractivity contribution < 1.29 is 67.1 Å². The maximum atomic E-state index is 13.7. The lowest BCUT2D eigenvalue weighted by molar-refractivity contribution is -0.141. The van der Waals surface area contributed by atoms with Gasteiger partial charge in [0.25, 0.3) is 0 Å². The van der Waals surface area contributed by atoms with Crippen LogP contribution in [0.25, 0.3) is 11.1 Å². The first kappa shape index (κ1) is 56.9. The minimum Gasteiger partial charge on any atom is -0.469 e. The number of urea groups is 1. The summed E-state index contributed by atoms with van der Waals surface area (Å²) in [5.74, 6) is -3.64. The zero-order valence-electron chi connectivity index (χ0n) is 40.7. The van der Waals surface area contributed by atoms with Gasteiger partial charge in [0.15, 0.2) is 0 Å². The molecule has 3 aromatic rings. The Bertz CT molecular complexity index is 2130. The van der Waals surface area contributed by atoms with Crippen molar-refractivity contribution in [1.82, 2.24) is 26.6 Å². The molecule has 1 aliphatic carbocycles. The Morgan fingerprint density at radius 3 is 1.79 bits per heavy atom. The first-order valence-corrected chi connectivity index (χ1v) is 23.7. The second-order valence-electron chi connectivity index (χ2n) is 16.8. The highest BCUT2D eigenvalue weighted by Crippen LogP contribution is 2.44. The minimum atomic E-state index is -1.23. The number of primary amides is 1. The highest BCUT2D eigenvalue weighted by molar-refractivity contribution is 5.99. The number of nitrogens with two attached hydrogens (primary N) is 1. The van der Waals surface area contributed by atoms with E-state index in [0.717, 1.165) is 22.3 Å². The minimum absolute atomic E-state index is 0.00550. The number of esters is 1. The van der Waals surface area contributed by atoms with Gasteiger partial charge in [-0.05, 0) is 65.1 Å². The van der Waals surface area contributed by atoms with Crippen LogP contribution in [0.15, 0.2) is 72.8 Å². The summed E-state index contributed by atoms with van der Waals surface area (Å²) in [7, 11) is 1.19. The van der Waals surface area contributed by atoms with Gasteiger partial charge in [-0.15, -0.1) is 0 Å². The molecule has 21 heteroatoms. The fourth-order valence-electron chi connectivity index (χ4n) is 7.46. The Morgan fingerprint density at radius 1 is 0.634 bits per heavy atom. The normalized spacial score (nSPS) is 12.9. The summed E-state index contributed by atoms with van der Waals surface area (Å²) in [5.41, 5.74) is 10.8. The van der Waals surface area contributed by atoms with Gasteiger partial charge in [-0.3, -0.25) is 24.0 Å². The molecule has 9 N–H and O–H groups in total. The maximum absolute atomic E-state index is 13.7. The van der Waals surface area contributed by atoms with E-state index in [1.807, 2.05) is 24.3 Å². The van der Waals surface area contributed by atoms with Gasteiger partial charge in [0, 0.05) is 37.5 Å². The van der Waals surface area contributed by atoms with Gasteiger partial charge in [0.1, 0.15) is 24.7 Å². The molecule has 0 heterocycles. The number of ether oxygens (including phenoxy) is 6. The molecular weight excluding hydrogens is 923 g/mol. The predicted molar refractivity (Wildman–Crippen MR) is 261 cm³/mol. The molecule has 71 heavy (non-hydrogen) atoms. The number of nitrogens with one attached hydrogen (secondary N) is 6. The zero-order valence-corrected chi connectivity index (χ0v) is 40.7. The number of carbonyl (C=O) groups is 7. The van der Waals surface area contributed by atoms with Crippen molar-refractivity contribution in [1.29, 1.82) is 0 Å². The van der Waals surface area contributed by atoms with Crippen molar-refractivity contribution in [3.05, 3.63) is 89.5 Å². The summed E-state index contributed by atoms with van der Waals surface area (Å²) < 4.78 is 32.4. The average Bonchev–Trinajstić information content (AvgIpc) is 3.68. The monoisotopic (exact) mass is 991 g/mol. The van der Waals surface area contributed by atoms with Crippen LogP contribution < -0.4 is 37.6 Å². The predicted octanol–water partition coefficient (Wildman–Crippen LogP) is 2.62. The maximum Gasteiger partial charge on any atom is 0.407 e. The van der Waals surface area contributed by atoms with Crippen LogP contribution >= 0.6 is 0 Å². The summed E-state index contributed by atoms with van der Waals surface area (Å²) in [6, 6.07) is 18.5. The molecule has 3 aromatic carbocycles. The van der Waals surface area contributed by atoms with Crippen LogP contribution in [-0.4, -0.2) is 145 Å². The van der Waals surface area contributed by atoms with Gasteiger partial charge in [0.05, 0.1) is 66.6 Å². The lowest BCUT2D eigenvalue weighted by atomic mass is 9.98. The lowest BCUT2D eigenvalue weighted by Crippen LogP contribution is -2.58. The van der Waals surface area contributed by atoms with E-state index in [9.17, 15) is 38.7 Å². The summed E-state index contributed by atoms with van der Waals surface area (Å²) in [6.07, 6.45) is -0.603. The molecule has 0 aromatic heterocycles. The number of aliphatic hydroxyl groups excluding tert-OH is 1. The number of methoxy groups -OCH3 is 1. The molecule has 4 rings (SSSR count). The smallest absolute Gasteiger partial charge is 0.407 e. The number of carbonyl (C=O) groups excluding carboxylic acids is 7. The van der Waals surface area contributed by atoms with Crippen molar-refractivity contribution >= 4 is 47.4 Å². The van der Waals surface area contributed by atoms with Crippen LogP contribution in [-0.2, 0) is 59.0 Å². The molecule has 0 fully saturated rings. The Kier molecular flexibility index (Phi) is 25.3. The Balaban J connectivity index is 1.09. The number of hydrogen-bond acceptors (Lipinski definition) is 14.